The van der Waals surface area contributed by atoms with Crippen molar-refractivity contribution in [3.63, 3.8) is 0 Å². The average molecular weight is 358 g/mol. The molecular weight excluding hydrogens is 322 g/mol. The Morgan fingerprint density at radius 1 is 1.00 bits per heavy atom. The number of hydrogen-bond acceptors (Lipinski definition) is 3. The van der Waals surface area contributed by atoms with Gasteiger partial charge in [-0.3, -0.25) is 9.78 Å². The lowest BCUT2D eigenvalue weighted by Crippen LogP contribution is -2.25. The smallest absolute Gasteiger partial charge is 0.308 e. The van der Waals surface area contributed by atoms with E-state index in [0.29, 0.717) is 5.75 Å². The third-order valence-corrected chi connectivity index (χ3v) is 6.89. The molecular formula is C23H35NO2. The second kappa shape index (κ2) is 9.53. The summed E-state index contributed by atoms with van der Waals surface area (Å²) >= 11 is 0. The zero-order valence-corrected chi connectivity index (χ0v) is 16.6. The first-order chi connectivity index (χ1) is 12.6. The van der Waals surface area contributed by atoms with Gasteiger partial charge in [-0.05, 0) is 74.3 Å². The number of carbonyl (C=O) groups is 1. The minimum atomic E-state index is -0.292. The van der Waals surface area contributed by atoms with Crippen LogP contribution in [0.5, 0.6) is 5.75 Å². The quantitative estimate of drug-likeness (QED) is 0.589. The number of ether oxygens (including phenoxy) is 1. The summed E-state index contributed by atoms with van der Waals surface area (Å²) in [7, 11) is 0. The standard InChI is InChI=1S/C23H35NO2/c1-3-18-4-9-20(10-5-18)21-11-6-19(7-12-21)8-13-22-14-15-23(16-24-22)26-17(2)25/h14-16,18-21H,3-13H2,1-2H3. The molecule has 0 unspecified atom stereocenters. The first kappa shape index (κ1) is 19.4. The summed E-state index contributed by atoms with van der Waals surface area (Å²) in [6.45, 7) is 3.77. The molecule has 0 spiro atoms. The highest BCUT2D eigenvalue weighted by atomic mass is 16.5. The lowest BCUT2D eigenvalue weighted by molar-refractivity contribution is -0.131. The molecule has 0 N–H and O–H groups in total. The van der Waals surface area contributed by atoms with Gasteiger partial charge in [-0.2, -0.15) is 0 Å². The second-order valence-electron chi connectivity index (χ2n) is 8.59. The van der Waals surface area contributed by atoms with Gasteiger partial charge in [-0.1, -0.05) is 39.0 Å². The minimum absolute atomic E-state index is 0.292. The van der Waals surface area contributed by atoms with E-state index >= 15 is 0 Å². The molecule has 3 rings (SSSR count). The van der Waals surface area contributed by atoms with Gasteiger partial charge in [0.25, 0.3) is 0 Å². The molecule has 0 aliphatic heterocycles. The Labute approximate surface area is 158 Å². The van der Waals surface area contributed by atoms with Gasteiger partial charge >= 0.3 is 5.97 Å². The number of carbonyl (C=O) groups excluding carboxylic acids is 1. The maximum Gasteiger partial charge on any atom is 0.308 e. The zero-order valence-electron chi connectivity index (χ0n) is 16.6. The Balaban J connectivity index is 1.37. The van der Waals surface area contributed by atoms with Crippen molar-refractivity contribution in [3.05, 3.63) is 24.0 Å². The van der Waals surface area contributed by atoms with Crippen molar-refractivity contribution in [1.29, 1.82) is 0 Å². The summed E-state index contributed by atoms with van der Waals surface area (Å²) in [4.78, 5) is 15.4. The number of rotatable bonds is 6. The van der Waals surface area contributed by atoms with Crippen molar-refractivity contribution in [3.8, 4) is 5.75 Å². The molecule has 1 heterocycles. The molecule has 0 saturated heterocycles. The fourth-order valence-corrected chi connectivity index (χ4v) is 5.15. The van der Waals surface area contributed by atoms with Crippen LogP contribution in [0.1, 0.15) is 83.7 Å². The molecule has 2 fully saturated rings. The van der Waals surface area contributed by atoms with Gasteiger partial charge in [0.15, 0.2) is 0 Å². The highest BCUT2D eigenvalue weighted by Crippen LogP contribution is 2.42. The molecule has 2 aliphatic rings. The predicted molar refractivity (Wildman–Crippen MR) is 105 cm³/mol. The van der Waals surface area contributed by atoms with Crippen molar-refractivity contribution >= 4 is 5.97 Å². The first-order valence-corrected chi connectivity index (χ1v) is 10.8. The third kappa shape index (κ3) is 5.56. The van der Waals surface area contributed by atoms with E-state index in [0.717, 1.165) is 35.8 Å². The van der Waals surface area contributed by atoms with E-state index in [-0.39, 0.29) is 5.97 Å². The average Bonchev–Trinajstić information content (AvgIpc) is 2.67. The van der Waals surface area contributed by atoms with Gasteiger partial charge < -0.3 is 4.74 Å². The molecule has 0 atom stereocenters. The zero-order chi connectivity index (χ0) is 18.4. The van der Waals surface area contributed by atoms with Crippen LogP contribution in [0.2, 0.25) is 0 Å². The SMILES string of the molecule is CCC1CCC(C2CCC(CCc3ccc(OC(C)=O)cn3)CC2)CC1. The normalized spacial score (nSPS) is 29.3. The summed E-state index contributed by atoms with van der Waals surface area (Å²) in [6, 6.07) is 3.85. The van der Waals surface area contributed by atoms with Crippen LogP contribution in [0.4, 0.5) is 0 Å². The molecule has 2 aliphatic carbocycles. The van der Waals surface area contributed by atoms with Crippen LogP contribution in [-0.4, -0.2) is 11.0 Å². The molecule has 2 saturated carbocycles. The van der Waals surface area contributed by atoms with Crippen LogP contribution in [0.3, 0.4) is 0 Å². The Morgan fingerprint density at radius 2 is 1.62 bits per heavy atom. The largest absolute Gasteiger partial charge is 0.425 e. The highest BCUT2D eigenvalue weighted by Gasteiger charge is 2.30. The number of esters is 1. The molecule has 1 aromatic rings. The Kier molecular flexibility index (Phi) is 7.10. The van der Waals surface area contributed by atoms with Crippen molar-refractivity contribution in [2.45, 2.75) is 84.5 Å². The fourth-order valence-electron chi connectivity index (χ4n) is 5.15. The van der Waals surface area contributed by atoms with E-state index < -0.39 is 0 Å². The van der Waals surface area contributed by atoms with Crippen LogP contribution in [0.25, 0.3) is 0 Å². The molecule has 1 aromatic heterocycles. The number of aromatic nitrogens is 1. The van der Waals surface area contributed by atoms with E-state index in [9.17, 15) is 4.79 Å². The minimum Gasteiger partial charge on any atom is -0.425 e. The maximum absolute atomic E-state index is 11.0. The topological polar surface area (TPSA) is 39.2 Å². The van der Waals surface area contributed by atoms with Gasteiger partial charge in [-0.15, -0.1) is 0 Å². The molecule has 0 radical (unpaired) electrons. The van der Waals surface area contributed by atoms with Crippen LogP contribution < -0.4 is 4.74 Å². The Hall–Kier alpha value is -1.38. The van der Waals surface area contributed by atoms with Crippen LogP contribution in [-0.2, 0) is 11.2 Å². The van der Waals surface area contributed by atoms with Crippen LogP contribution in [0.15, 0.2) is 18.3 Å². The number of hydrogen-bond donors (Lipinski definition) is 0. The summed E-state index contributed by atoms with van der Waals surface area (Å²) in [5, 5.41) is 0. The van der Waals surface area contributed by atoms with Crippen LogP contribution >= 0.6 is 0 Å². The second-order valence-corrected chi connectivity index (χ2v) is 8.59. The van der Waals surface area contributed by atoms with Crippen molar-refractivity contribution < 1.29 is 9.53 Å². The Bertz CT molecular complexity index is 552. The van der Waals surface area contributed by atoms with E-state index in [1.54, 1.807) is 6.20 Å². The Morgan fingerprint density at radius 3 is 2.12 bits per heavy atom. The molecule has 3 heteroatoms. The summed E-state index contributed by atoms with van der Waals surface area (Å²) in [5.41, 5.74) is 1.11. The predicted octanol–water partition coefficient (Wildman–Crippen LogP) is 5.96. The maximum atomic E-state index is 11.0. The van der Waals surface area contributed by atoms with E-state index in [1.165, 1.54) is 71.1 Å². The molecule has 144 valence electrons. The summed E-state index contributed by atoms with van der Waals surface area (Å²) in [5.74, 6) is 4.16. The summed E-state index contributed by atoms with van der Waals surface area (Å²) in [6.07, 6.45) is 17.0. The van der Waals surface area contributed by atoms with E-state index in [1.807, 2.05) is 12.1 Å². The van der Waals surface area contributed by atoms with Crippen molar-refractivity contribution in [2.24, 2.45) is 23.7 Å². The molecule has 0 aromatic carbocycles. The van der Waals surface area contributed by atoms with Crippen LogP contribution in [0, 0.1) is 23.7 Å². The van der Waals surface area contributed by atoms with Crippen molar-refractivity contribution in [1.82, 2.24) is 4.98 Å². The van der Waals surface area contributed by atoms with Gasteiger partial charge in [0.05, 0.1) is 6.20 Å². The molecule has 26 heavy (non-hydrogen) atoms. The first-order valence-electron chi connectivity index (χ1n) is 10.8. The lowest BCUT2D eigenvalue weighted by Gasteiger charge is -2.37. The number of aryl methyl sites for hydroxylation is 1. The monoisotopic (exact) mass is 357 g/mol. The van der Waals surface area contributed by atoms with Crippen molar-refractivity contribution in [2.75, 3.05) is 0 Å². The van der Waals surface area contributed by atoms with Gasteiger partial charge in [0.1, 0.15) is 5.75 Å². The summed E-state index contributed by atoms with van der Waals surface area (Å²) < 4.78 is 5.05. The number of nitrogens with zero attached hydrogens (tertiary/aromatic N) is 1. The van der Waals surface area contributed by atoms with E-state index in [2.05, 4.69) is 11.9 Å². The van der Waals surface area contributed by atoms with Gasteiger partial charge in [-0.25, -0.2) is 0 Å². The fraction of sp³-hybridized carbons (Fsp3) is 0.739. The third-order valence-electron chi connectivity index (χ3n) is 6.89. The van der Waals surface area contributed by atoms with Gasteiger partial charge in [0, 0.05) is 12.6 Å². The molecule has 0 bridgehead atoms. The number of pyridine rings is 1. The lowest BCUT2D eigenvalue weighted by atomic mass is 9.68. The molecule has 0 amide bonds. The van der Waals surface area contributed by atoms with Gasteiger partial charge in [0.2, 0.25) is 0 Å². The van der Waals surface area contributed by atoms with E-state index in [4.69, 9.17) is 4.74 Å². The highest BCUT2D eigenvalue weighted by molar-refractivity contribution is 5.69. The molecule has 3 nitrogen and oxygen atoms in total.